The van der Waals surface area contributed by atoms with Crippen LogP contribution in [0.2, 0.25) is 0 Å². The molecule has 4 heteroatoms. The maximum atomic E-state index is 12.3. The second kappa shape index (κ2) is 7.54. The van der Waals surface area contributed by atoms with Crippen molar-refractivity contribution in [1.82, 2.24) is 4.90 Å². The first kappa shape index (κ1) is 15.2. The summed E-state index contributed by atoms with van der Waals surface area (Å²) in [4.78, 5) is 16.1. The number of hydrogen-bond donors (Lipinski definition) is 1. The molecule has 0 bridgehead atoms. The van der Waals surface area contributed by atoms with Crippen LogP contribution in [0.5, 0.6) is 0 Å². The van der Waals surface area contributed by atoms with Crippen LogP contribution in [-0.4, -0.2) is 35.6 Å². The molecule has 0 fully saturated rings. The molecule has 1 rings (SSSR count). The molecule has 0 unspecified atom stereocenters. The number of nitrogens with zero attached hydrogens (tertiary/aromatic N) is 1. The Hall–Kier alpha value is -0.870. The van der Waals surface area contributed by atoms with E-state index in [9.17, 15) is 4.79 Å². The van der Waals surface area contributed by atoms with Crippen LogP contribution in [0.3, 0.4) is 0 Å². The number of carbonyl (C=O) groups excluding carboxylic acids is 1. The van der Waals surface area contributed by atoms with Gasteiger partial charge in [0.15, 0.2) is 0 Å². The molecule has 0 atom stereocenters. The summed E-state index contributed by atoms with van der Waals surface area (Å²) in [5.74, 6) is 0.0496. The van der Waals surface area contributed by atoms with E-state index in [1.807, 2.05) is 13.0 Å². The highest BCUT2D eigenvalue weighted by atomic mass is 32.1. The maximum absolute atomic E-state index is 12.3. The fourth-order valence-electron chi connectivity index (χ4n) is 1.99. The van der Waals surface area contributed by atoms with Crippen LogP contribution in [0.25, 0.3) is 0 Å². The zero-order chi connectivity index (χ0) is 13.5. The Kier molecular flexibility index (Phi) is 6.36. The second-order valence-electron chi connectivity index (χ2n) is 4.27. The largest absolute Gasteiger partial charge is 0.395 e. The first-order valence-corrected chi connectivity index (χ1v) is 7.51. The van der Waals surface area contributed by atoms with Crippen LogP contribution in [0.1, 0.15) is 47.3 Å². The lowest BCUT2D eigenvalue weighted by Crippen LogP contribution is -2.32. The first-order valence-electron chi connectivity index (χ1n) is 6.69. The SMILES string of the molecule is CCCc1sc(C(=O)N(CC)CCO)cc1CC. The lowest BCUT2D eigenvalue weighted by atomic mass is 10.1. The Morgan fingerprint density at radius 2 is 2.11 bits per heavy atom. The van der Waals surface area contributed by atoms with Gasteiger partial charge in [0.05, 0.1) is 11.5 Å². The van der Waals surface area contributed by atoms with Crippen molar-refractivity contribution in [1.29, 1.82) is 0 Å². The summed E-state index contributed by atoms with van der Waals surface area (Å²) in [5.41, 5.74) is 1.30. The molecule has 0 aromatic carbocycles. The lowest BCUT2D eigenvalue weighted by Gasteiger charge is -2.18. The fraction of sp³-hybridized carbons (Fsp3) is 0.643. The molecule has 1 amide bonds. The molecular formula is C14H23NO2S. The summed E-state index contributed by atoms with van der Waals surface area (Å²) >= 11 is 1.61. The first-order chi connectivity index (χ1) is 8.67. The molecule has 0 aliphatic rings. The van der Waals surface area contributed by atoms with E-state index in [2.05, 4.69) is 13.8 Å². The molecule has 18 heavy (non-hydrogen) atoms. The molecule has 0 spiro atoms. The number of hydrogen-bond acceptors (Lipinski definition) is 3. The summed E-state index contributed by atoms with van der Waals surface area (Å²) < 4.78 is 0. The topological polar surface area (TPSA) is 40.5 Å². The van der Waals surface area contributed by atoms with Crippen molar-refractivity contribution in [2.24, 2.45) is 0 Å². The molecule has 102 valence electrons. The van der Waals surface area contributed by atoms with Gasteiger partial charge >= 0.3 is 0 Å². The number of aliphatic hydroxyl groups excluding tert-OH is 1. The van der Waals surface area contributed by atoms with E-state index in [4.69, 9.17) is 5.11 Å². The summed E-state index contributed by atoms with van der Waals surface area (Å²) in [5, 5.41) is 8.96. The molecular weight excluding hydrogens is 246 g/mol. The van der Waals surface area contributed by atoms with Crippen molar-refractivity contribution in [3.05, 3.63) is 21.4 Å². The Balaban J connectivity index is 2.91. The van der Waals surface area contributed by atoms with Crippen molar-refractivity contribution in [3.63, 3.8) is 0 Å². The number of amides is 1. The van der Waals surface area contributed by atoms with Gasteiger partial charge in [0.25, 0.3) is 5.91 Å². The summed E-state index contributed by atoms with van der Waals surface area (Å²) in [6.07, 6.45) is 3.13. The zero-order valence-electron chi connectivity index (χ0n) is 11.5. The summed E-state index contributed by atoms with van der Waals surface area (Å²) in [6, 6.07) is 2.03. The molecule has 1 heterocycles. The van der Waals surface area contributed by atoms with E-state index in [0.29, 0.717) is 13.1 Å². The van der Waals surface area contributed by atoms with Gasteiger partial charge in [0.2, 0.25) is 0 Å². The lowest BCUT2D eigenvalue weighted by molar-refractivity contribution is 0.0737. The van der Waals surface area contributed by atoms with Crippen LogP contribution in [-0.2, 0) is 12.8 Å². The minimum absolute atomic E-state index is 0.0212. The number of carbonyl (C=O) groups is 1. The van der Waals surface area contributed by atoms with E-state index >= 15 is 0 Å². The van der Waals surface area contributed by atoms with Gasteiger partial charge in [0, 0.05) is 18.0 Å². The molecule has 0 aliphatic carbocycles. The van der Waals surface area contributed by atoms with E-state index in [-0.39, 0.29) is 12.5 Å². The van der Waals surface area contributed by atoms with Gasteiger partial charge in [-0.15, -0.1) is 11.3 Å². The van der Waals surface area contributed by atoms with Gasteiger partial charge < -0.3 is 10.0 Å². The smallest absolute Gasteiger partial charge is 0.264 e. The van der Waals surface area contributed by atoms with Gasteiger partial charge in [-0.25, -0.2) is 0 Å². The van der Waals surface area contributed by atoms with Gasteiger partial charge in [-0.05, 0) is 31.4 Å². The van der Waals surface area contributed by atoms with Gasteiger partial charge in [-0.3, -0.25) is 4.79 Å². The normalized spacial score (nSPS) is 10.7. The van der Waals surface area contributed by atoms with Crippen LogP contribution in [0, 0.1) is 0 Å². The predicted molar refractivity (Wildman–Crippen MR) is 76.4 cm³/mol. The average molecular weight is 269 g/mol. The quantitative estimate of drug-likeness (QED) is 0.827. The number of likely N-dealkylation sites (N-methyl/N-ethyl adjacent to an activating group) is 1. The minimum Gasteiger partial charge on any atom is -0.395 e. The standard InChI is InChI=1S/C14H23NO2S/c1-4-7-12-11(5-2)10-13(18-12)14(17)15(6-3)8-9-16/h10,16H,4-9H2,1-3H3. The maximum Gasteiger partial charge on any atom is 0.264 e. The van der Waals surface area contributed by atoms with Crippen LogP contribution < -0.4 is 0 Å². The highest BCUT2D eigenvalue weighted by Crippen LogP contribution is 2.25. The predicted octanol–water partition coefficient (Wildman–Crippen LogP) is 2.72. The summed E-state index contributed by atoms with van der Waals surface area (Å²) in [6.45, 7) is 7.30. The van der Waals surface area contributed by atoms with Crippen molar-refractivity contribution in [2.75, 3.05) is 19.7 Å². The Labute approximate surface area is 113 Å². The highest BCUT2D eigenvalue weighted by Gasteiger charge is 2.18. The molecule has 0 aliphatic heterocycles. The van der Waals surface area contributed by atoms with Gasteiger partial charge in [-0.1, -0.05) is 20.3 Å². The van der Waals surface area contributed by atoms with Gasteiger partial charge in [0.1, 0.15) is 0 Å². The Morgan fingerprint density at radius 1 is 1.39 bits per heavy atom. The molecule has 1 aromatic heterocycles. The van der Waals surface area contributed by atoms with Crippen molar-refractivity contribution in [3.8, 4) is 0 Å². The minimum atomic E-state index is 0.0212. The molecule has 0 saturated heterocycles. The molecule has 0 saturated carbocycles. The third-order valence-electron chi connectivity index (χ3n) is 3.00. The van der Waals surface area contributed by atoms with E-state index < -0.39 is 0 Å². The Bertz CT molecular complexity index is 387. The van der Waals surface area contributed by atoms with Crippen molar-refractivity contribution in [2.45, 2.75) is 40.0 Å². The van der Waals surface area contributed by atoms with Crippen LogP contribution in [0.15, 0.2) is 6.07 Å². The number of aliphatic hydroxyl groups is 1. The number of aryl methyl sites for hydroxylation is 2. The molecule has 0 radical (unpaired) electrons. The van der Waals surface area contributed by atoms with Crippen molar-refractivity contribution >= 4 is 17.2 Å². The second-order valence-corrected chi connectivity index (χ2v) is 5.41. The van der Waals surface area contributed by atoms with Crippen LogP contribution in [0.4, 0.5) is 0 Å². The third kappa shape index (κ3) is 3.56. The Morgan fingerprint density at radius 3 is 2.61 bits per heavy atom. The average Bonchev–Trinajstić information content (AvgIpc) is 2.78. The highest BCUT2D eigenvalue weighted by molar-refractivity contribution is 7.14. The fourth-order valence-corrected chi connectivity index (χ4v) is 3.31. The molecule has 3 nitrogen and oxygen atoms in total. The van der Waals surface area contributed by atoms with E-state index in [1.54, 1.807) is 16.2 Å². The van der Waals surface area contributed by atoms with Crippen molar-refractivity contribution < 1.29 is 9.90 Å². The monoisotopic (exact) mass is 269 g/mol. The van der Waals surface area contributed by atoms with E-state index in [0.717, 1.165) is 24.1 Å². The summed E-state index contributed by atoms with van der Waals surface area (Å²) in [7, 11) is 0. The zero-order valence-corrected chi connectivity index (χ0v) is 12.3. The third-order valence-corrected chi connectivity index (χ3v) is 4.23. The molecule has 1 aromatic rings. The molecule has 1 N–H and O–H groups in total. The van der Waals surface area contributed by atoms with Crippen LogP contribution >= 0.6 is 11.3 Å². The van der Waals surface area contributed by atoms with Gasteiger partial charge in [-0.2, -0.15) is 0 Å². The van der Waals surface area contributed by atoms with E-state index in [1.165, 1.54) is 10.4 Å². The number of thiophene rings is 1. The number of rotatable bonds is 7.